The molecule has 0 bridgehead atoms. The van der Waals surface area contributed by atoms with Crippen molar-refractivity contribution < 1.29 is 24.3 Å². The highest BCUT2D eigenvalue weighted by atomic mass is 16.3. The summed E-state index contributed by atoms with van der Waals surface area (Å²) < 4.78 is 0. The summed E-state index contributed by atoms with van der Waals surface area (Å²) in [6.07, 6.45) is -0.456. The van der Waals surface area contributed by atoms with Crippen LogP contribution in [0.3, 0.4) is 0 Å². The third kappa shape index (κ3) is 9.11. The first kappa shape index (κ1) is 31.2. The molecule has 8 heteroatoms. The highest BCUT2D eigenvalue weighted by molar-refractivity contribution is 6.38. The molecule has 0 aliphatic carbocycles. The number of aliphatic hydroxyl groups excluding tert-OH is 1. The average molecular weight is 558 g/mol. The number of rotatable bonds is 14. The predicted molar refractivity (Wildman–Crippen MR) is 158 cm³/mol. The maximum atomic E-state index is 13.7. The summed E-state index contributed by atoms with van der Waals surface area (Å²) in [5.74, 6) is -3.16. The normalized spacial score (nSPS) is 13.2. The van der Waals surface area contributed by atoms with E-state index >= 15 is 0 Å². The molecule has 216 valence electrons. The molecule has 3 aromatic rings. The molecule has 0 saturated heterocycles. The van der Waals surface area contributed by atoms with Gasteiger partial charge in [-0.1, -0.05) is 112 Å². The summed E-state index contributed by atoms with van der Waals surface area (Å²) in [5, 5.41) is 18.3. The minimum Gasteiger partial charge on any atom is -0.387 e. The van der Waals surface area contributed by atoms with Crippen LogP contribution >= 0.6 is 0 Å². The zero-order valence-corrected chi connectivity index (χ0v) is 23.7. The highest BCUT2D eigenvalue weighted by Crippen LogP contribution is 2.25. The van der Waals surface area contributed by atoms with Gasteiger partial charge in [0.2, 0.25) is 17.6 Å². The van der Waals surface area contributed by atoms with E-state index in [-0.39, 0.29) is 24.8 Å². The number of nitrogens with one attached hydrogen (secondary N) is 3. The minimum atomic E-state index is -1.08. The second kappa shape index (κ2) is 15.5. The number of carbonyl (C=O) groups is 4. The van der Waals surface area contributed by atoms with Gasteiger partial charge in [-0.05, 0) is 35.4 Å². The second-order valence-corrected chi connectivity index (χ2v) is 10.4. The van der Waals surface area contributed by atoms with E-state index in [0.717, 1.165) is 11.1 Å². The van der Waals surface area contributed by atoms with Crippen molar-refractivity contribution in [1.82, 2.24) is 16.0 Å². The SMILES string of the molecule is CCC(NC(=O)[C@H](CC(C)C)NC(=O)C(c1ccccc1)c1ccccc1)C(=O)C(=O)NCC(O)c1ccccc1. The van der Waals surface area contributed by atoms with Crippen molar-refractivity contribution in [3.8, 4) is 0 Å². The third-order valence-corrected chi connectivity index (χ3v) is 6.77. The summed E-state index contributed by atoms with van der Waals surface area (Å²) in [4.78, 5) is 52.6. The molecule has 0 spiro atoms. The summed E-state index contributed by atoms with van der Waals surface area (Å²) >= 11 is 0. The lowest BCUT2D eigenvalue weighted by Crippen LogP contribution is -2.54. The average Bonchev–Trinajstić information content (AvgIpc) is 2.99. The molecule has 0 aliphatic rings. The number of ketones is 1. The van der Waals surface area contributed by atoms with Crippen LogP contribution in [0.2, 0.25) is 0 Å². The lowest BCUT2D eigenvalue weighted by atomic mass is 9.90. The third-order valence-electron chi connectivity index (χ3n) is 6.77. The highest BCUT2D eigenvalue weighted by Gasteiger charge is 2.32. The van der Waals surface area contributed by atoms with Crippen LogP contribution in [0.15, 0.2) is 91.0 Å². The van der Waals surface area contributed by atoms with Gasteiger partial charge in [-0.25, -0.2) is 0 Å². The number of benzene rings is 3. The number of amides is 3. The molecule has 41 heavy (non-hydrogen) atoms. The summed E-state index contributed by atoms with van der Waals surface area (Å²) in [5.41, 5.74) is 2.18. The second-order valence-electron chi connectivity index (χ2n) is 10.4. The van der Waals surface area contributed by atoms with Gasteiger partial charge in [0.15, 0.2) is 0 Å². The van der Waals surface area contributed by atoms with E-state index in [1.165, 1.54) is 0 Å². The van der Waals surface area contributed by atoms with Crippen LogP contribution in [0.1, 0.15) is 62.3 Å². The Morgan fingerprint density at radius 2 is 1.15 bits per heavy atom. The van der Waals surface area contributed by atoms with E-state index in [1.54, 1.807) is 31.2 Å². The van der Waals surface area contributed by atoms with E-state index in [9.17, 15) is 24.3 Å². The lowest BCUT2D eigenvalue weighted by molar-refractivity contribution is -0.140. The Morgan fingerprint density at radius 3 is 1.61 bits per heavy atom. The Kier molecular flexibility index (Phi) is 11.8. The Morgan fingerprint density at radius 1 is 0.683 bits per heavy atom. The molecular weight excluding hydrogens is 518 g/mol. The molecule has 0 aromatic heterocycles. The van der Waals surface area contributed by atoms with Gasteiger partial charge in [0.25, 0.3) is 5.91 Å². The minimum absolute atomic E-state index is 0.0662. The maximum absolute atomic E-state index is 13.7. The topological polar surface area (TPSA) is 125 Å². The molecule has 3 atom stereocenters. The van der Waals surface area contributed by atoms with Gasteiger partial charge >= 0.3 is 0 Å². The summed E-state index contributed by atoms with van der Waals surface area (Å²) in [6, 6.07) is 25.4. The Labute approximate surface area is 241 Å². The molecule has 0 radical (unpaired) electrons. The summed E-state index contributed by atoms with van der Waals surface area (Å²) in [6.45, 7) is 5.41. The van der Waals surface area contributed by atoms with Gasteiger partial charge in [-0.2, -0.15) is 0 Å². The van der Waals surface area contributed by atoms with Crippen molar-refractivity contribution >= 4 is 23.5 Å². The van der Waals surface area contributed by atoms with Gasteiger partial charge in [-0.3, -0.25) is 19.2 Å². The van der Waals surface area contributed by atoms with Crippen molar-refractivity contribution in [2.24, 2.45) is 5.92 Å². The molecule has 0 aliphatic heterocycles. The van der Waals surface area contributed by atoms with Crippen molar-refractivity contribution in [3.63, 3.8) is 0 Å². The molecular formula is C33H39N3O5. The standard InChI is InChI=1S/C33H39N3O5/c1-4-26(30(38)33(41)34-21-28(37)23-14-8-5-9-15-23)35-31(39)27(20-22(2)3)36-32(40)29(24-16-10-6-11-17-24)25-18-12-7-13-19-25/h5-19,22,26-29,37H,4,20-21H2,1-3H3,(H,34,41)(H,35,39)(H,36,40)/t26?,27-,28?/m0/s1. The number of Topliss-reactive ketones (excluding diaryl/α,β-unsaturated/α-hetero) is 1. The number of hydrogen-bond acceptors (Lipinski definition) is 5. The Bertz CT molecular complexity index is 1240. The van der Waals surface area contributed by atoms with Gasteiger partial charge in [0, 0.05) is 6.54 Å². The van der Waals surface area contributed by atoms with Crippen molar-refractivity contribution in [2.75, 3.05) is 6.54 Å². The molecule has 3 aromatic carbocycles. The van der Waals surface area contributed by atoms with Crippen LogP contribution in [0.25, 0.3) is 0 Å². The monoisotopic (exact) mass is 557 g/mol. The summed E-state index contributed by atoms with van der Waals surface area (Å²) in [7, 11) is 0. The van der Waals surface area contributed by atoms with E-state index < -0.39 is 41.7 Å². The molecule has 0 fully saturated rings. The molecule has 0 heterocycles. The van der Waals surface area contributed by atoms with E-state index in [2.05, 4.69) is 16.0 Å². The van der Waals surface area contributed by atoms with Crippen molar-refractivity contribution in [2.45, 2.75) is 57.7 Å². The first-order valence-electron chi connectivity index (χ1n) is 14.0. The van der Waals surface area contributed by atoms with Crippen LogP contribution in [-0.2, 0) is 19.2 Å². The van der Waals surface area contributed by atoms with Gasteiger partial charge in [0.1, 0.15) is 6.04 Å². The molecule has 8 nitrogen and oxygen atoms in total. The van der Waals surface area contributed by atoms with Gasteiger partial charge in [-0.15, -0.1) is 0 Å². The number of hydrogen-bond donors (Lipinski definition) is 4. The fourth-order valence-corrected chi connectivity index (χ4v) is 4.60. The first-order valence-corrected chi connectivity index (χ1v) is 14.0. The predicted octanol–water partition coefficient (Wildman–Crippen LogP) is 3.66. The number of aliphatic hydroxyl groups is 1. The largest absolute Gasteiger partial charge is 0.387 e. The fraction of sp³-hybridized carbons (Fsp3) is 0.333. The zero-order chi connectivity index (χ0) is 29.8. The van der Waals surface area contributed by atoms with Crippen LogP contribution in [-0.4, -0.2) is 47.2 Å². The van der Waals surface area contributed by atoms with Gasteiger partial charge < -0.3 is 21.1 Å². The molecule has 2 unspecified atom stereocenters. The smallest absolute Gasteiger partial charge is 0.289 e. The molecule has 4 N–H and O–H groups in total. The maximum Gasteiger partial charge on any atom is 0.289 e. The van der Waals surface area contributed by atoms with Crippen LogP contribution < -0.4 is 16.0 Å². The Balaban J connectivity index is 1.70. The fourth-order valence-electron chi connectivity index (χ4n) is 4.60. The van der Waals surface area contributed by atoms with Crippen LogP contribution in [0.5, 0.6) is 0 Å². The number of carbonyl (C=O) groups excluding carboxylic acids is 4. The van der Waals surface area contributed by atoms with Crippen LogP contribution in [0, 0.1) is 5.92 Å². The molecule has 3 rings (SSSR count). The quantitative estimate of drug-likeness (QED) is 0.225. The Hall–Kier alpha value is -4.30. The van der Waals surface area contributed by atoms with Gasteiger partial charge in [0.05, 0.1) is 18.1 Å². The molecule has 0 saturated carbocycles. The zero-order valence-electron chi connectivity index (χ0n) is 23.7. The van der Waals surface area contributed by atoms with E-state index in [1.807, 2.05) is 80.6 Å². The molecule has 3 amide bonds. The van der Waals surface area contributed by atoms with Crippen molar-refractivity contribution in [3.05, 3.63) is 108 Å². The van der Waals surface area contributed by atoms with Crippen LogP contribution in [0.4, 0.5) is 0 Å². The first-order chi connectivity index (χ1) is 19.7. The van der Waals surface area contributed by atoms with E-state index in [4.69, 9.17) is 0 Å². The van der Waals surface area contributed by atoms with Crippen molar-refractivity contribution in [1.29, 1.82) is 0 Å². The van der Waals surface area contributed by atoms with E-state index in [0.29, 0.717) is 12.0 Å². The lowest BCUT2D eigenvalue weighted by Gasteiger charge is -2.26.